The summed E-state index contributed by atoms with van der Waals surface area (Å²) in [5.41, 5.74) is 20.4. The maximum atomic E-state index is 5.66. The van der Waals surface area contributed by atoms with Gasteiger partial charge in [0.1, 0.15) is 0 Å². The second-order valence-electron chi connectivity index (χ2n) is 11.1. The van der Waals surface area contributed by atoms with E-state index in [4.69, 9.17) is 11.5 Å². The Labute approximate surface area is 261 Å². The van der Waals surface area contributed by atoms with Gasteiger partial charge in [-0.25, -0.2) is 0 Å². The van der Waals surface area contributed by atoms with Gasteiger partial charge in [-0.15, -0.1) is 0 Å². The molecule has 228 valence electrons. The molecule has 0 radical (unpaired) electrons. The third-order valence-electron chi connectivity index (χ3n) is 7.34. The third kappa shape index (κ3) is 12.9. The van der Waals surface area contributed by atoms with Crippen molar-refractivity contribution in [1.82, 2.24) is 0 Å². The molecule has 3 heteroatoms. The normalized spacial score (nSPS) is 13.4. The van der Waals surface area contributed by atoms with Crippen LogP contribution in [-0.2, 0) is 12.8 Å². The summed E-state index contributed by atoms with van der Waals surface area (Å²) >= 11 is 0. The Morgan fingerprint density at radius 3 is 2.26 bits per heavy atom. The predicted molar refractivity (Wildman–Crippen MR) is 191 cm³/mol. The average Bonchev–Trinajstić information content (AvgIpc) is 3.02. The first-order valence-corrected chi connectivity index (χ1v) is 15.7. The molecule has 0 heterocycles. The Balaban J connectivity index is 2.45. The van der Waals surface area contributed by atoms with Gasteiger partial charge in [0.25, 0.3) is 0 Å². The second-order valence-corrected chi connectivity index (χ2v) is 11.1. The molecule has 0 saturated carbocycles. The Bertz CT molecular complexity index is 1320. The predicted octanol–water partition coefficient (Wildman–Crippen LogP) is 9.50. The SMILES string of the molecule is C=NC(/C(=C\C)c1ccccc1CC(=C/Cc1ccccc1)/C=C/CCCCCCN)=C(\C=C/C(=C)/C=C\CN)C(C)C. The van der Waals surface area contributed by atoms with Crippen LogP contribution in [0.2, 0.25) is 0 Å². The molecule has 0 aliphatic carbocycles. The van der Waals surface area contributed by atoms with Crippen molar-refractivity contribution in [2.24, 2.45) is 22.4 Å². The Morgan fingerprint density at radius 2 is 1.58 bits per heavy atom. The summed E-state index contributed by atoms with van der Waals surface area (Å²) in [4.78, 5) is 4.59. The van der Waals surface area contributed by atoms with Crippen LogP contribution in [0.15, 0.2) is 137 Å². The van der Waals surface area contributed by atoms with Crippen LogP contribution in [0.1, 0.15) is 69.6 Å². The van der Waals surface area contributed by atoms with Gasteiger partial charge >= 0.3 is 0 Å². The van der Waals surface area contributed by atoms with Gasteiger partial charge in [-0.2, -0.15) is 0 Å². The van der Waals surface area contributed by atoms with Gasteiger partial charge in [0.2, 0.25) is 0 Å². The van der Waals surface area contributed by atoms with Gasteiger partial charge in [-0.1, -0.05) is 136 Å². The third-order valence-corrected chi connectivity index (χ3v) is 7.34. The fraction of sp³-hybridized carbons (Fsp3) is 0.325. The van der Waals surface area contributed by atoms with Crippen molar-refractivity contribution >= 4 is 12.3 Å². The van der Waals surface area contributed by atoms with E-state index in [1.165, 1.54) is 41.5 Å². The number of unbranched alkanes of at least 4 members (excludes halogenated alkanes) is 4. The van der Waals surface area contributed by atoms with Crippen molar-refractivity contribution < 1.29 is 0 Å². The first-order valence-electron chi connectivity index (χ1n) is 15.7. The van der Waals surface area contributed by atoms with Crippen LogP contribution < -0.4 is 11.5 Å². The molecule has 0 spiro atoms. The molecule has 3 nitrogen and oxygen atoms in total. The van der Waals surface area contributed by atoms with Crippen LogP contribution in [0, 0.1) is 5.92 Å². The molecule has 0 aromatic heterocycles. The van der Waals surface area contributed by atoms with Gasteiger partial charge in [-0.05, 0) is 91.6 Å². The molecule has 0 fully saturated rings. The van der Waals surface area contributed by atoms with Gasteiger partial charge in [-0.3, -0.25) is 4.99 Å². The molecule has 0 amide bonds. The Hall–Kier alpha value is -3.79. The minimum absolute atomic E-state index is 0.249. The summed E-state index contributed by atoms with van der Waals surface area (Å²) < 4.78 is 0. The van der Waals surface area contributed by atoms with E-state index >= 15 is 0 Å². The van der Waals surface area contributed by atoms with Crippen molar-refractivity contribution in [3.63, 3.8) is 0 Å². The highest BCUT2D eigenvalue weighted by Gasteiger charge is 2.16. The van der Waals surface area contributed by atoms with Gasteiger partial charge in [0.15, 0.2) is 0 Å². The van der Waals surface area contributed by atoms with E-state index in [9.17, 15) is 0 Å². The fourth-order valence-corrected chi connectivity index (χ4v) is 4.98. The van der Waals surface area contributed by atoms with Crippen molar-refractivity contribution in [1.29, 1.82) is 0 Å². The fourth-order valence-electron chi connectivity index (χ4n) is 4.98. The molecule has 0 aliphatic heterocycles. The van der Waals surface area contributed by atoms with Gasteiger partial charge in [0, 0.05) is 12.1 Å². The lowest BCUT2D eigenvalue weighted by molar-refractivity contribution is 0.652. The van der Waals surface area contributed by atoms with Crippen molar-refractivity contribution in [2.45, 2.75) is 65.7 Å². The molecular formula is C40H53N3. The molecule has 2 aromatic rings. The first kappa shape index (κ1) is 35.4. The summed E-state index contributed by atoms with van der Waals surface area (Å²) in [6.07, 6.45) is 24.7. The van der Waals surface area contributed by atoms with Gasteiger partial charge < -0.3 is 11.5 Å². The Kier molecular flexibility index (Phi) is 17.3. The molecule has 43 heavy (non-hydrogen) atoms. The van der Waals surface area contributed by atoms with E-state index in [-0.39, 0.29) is 5.92 Å². The summed E-state index contributed by atoms with van der Waals surface area (Å²) in [5.74, 6) is 0.249. The largest absolute Gasteiger partial charge is 0.330 e. The van der Waals surface area contributed by atoms with E-state index in [0.717, 1.165) is 54.6 Å². The number of aliphatic imine (C=N–C) groups is 1. The maximum Gasteiger partial charge on any atom is 0.0732 e. The van der Waals surface area contributed by atoms with Crippen LogP contribution in [-0.4, -0.2) is 19.8 Å². The lowest BCUT2D eigenvalue weighted by Gasteiger charge is -2.18. The van der Waals surface area contributed by atoms with E-state index in [2.05, 4.69) is 124 Å². The molecule has 0 unspecified atom stereocenters. The van der Waals surface area contributed by atoms with Crippen molar-refractivity contribution in [3.8, 4) is 0 Å². The smallest absolute Gasteiger partial charge is 0.0732 e. The summed E-state index contributed by atoms with van der Waals surface area (Å²) in [6, 6.07) is 19.3. The number of nitrogens with two attached hydrogens (primary N) is 2. The molecule has 4 N–H and O–H groups in total. The average molecular weight is 576 g/mol. The molecule has 2 aromatic carbocycles. The van der Waals surface area contributed by atoms with Crippen LogP contribution in [0.4, 0.5) is 0 Å². The second kappa shape index (κ2) is 21.0. The van der Waals surface area contributed by atoms with E-state index in [1.807, 2.05) is 18.2 Å². The summed E-state index contributed by atoms with van der Waals surface area (Å²) in [7, 11) is 0. The number of allylic oxidation sites excluding steroid dienone is 11. The zero-order valence-corrected chi connectivity index (χ0v) is 26.8. The molecule has 0 saturated heterocycles. The number of hydrogen-bond donors (Lipinski definition) is 2. The van der Waals surface area contributed by atoms with Crippen LogP contribution in [0.3, 0.4) is 0 Å². The standard InChI is InChI=1S/C40H53N3/c1-6-37(40(43-5)38(32(2)3)28-25-33(4)19-18-30-42)39-24-16-15-23-36(39)31-35(22-12-9-7-8-10-17-29-41)27-26-34-20-13-11-14-21-34/h6,11-16,18-25,27-28,32H,4-5,7-10,17,26,29-31,41-42H2,1-3H3/b19-18-,22-12+,28-25-,35-27+,37-6-,40-38+. The monoisotopic (exact) mass is 575 g/mol. The minimum Gasteiger partial charge on any atom is -0.330 e. The minimum atomic E-state index is 0.249. The van der Waals surface area contributed by atoms with Crippen LogP contribution in [0.25, 0.3) is 5.57 Å². The Morgan fingerprint density at radius 1 is 0.860 bits per heavy atom. The topological polar surface area (TPSA) is 64.4 Å². The molecule has 2 rings (SSSR count). The lowest BCUT2D eigenvalue weighted by atomic mass is 9.88. The van der Waals surface area contributed by atoms with Crippen molar-refractivity contribution in [3.05, 3.63) is 149 Å². The quantitative estimate of drug-likeness (QED) is 0.0995. The first-order chi connectivity index (χ1) is 20.9. The van der Waals surface area contributed by atoms with Crippen molar-refractivity contribution in [2.75, 3.05) is 13.1 Å². The van der Waals surface area contributed by atoms with Crippen LogP contribution >= 0.6 is 0 Å². The number of rotatable bonds is 19. The van der Waals surface area contributed by atoms with E-state index in [0.29, 0.717) is 6.54 Å². The summed E-state index contributed by atoms with van der Waals surface area (Å²) in [6.45, 7) is 15.9. The number of benzene rings is 2. The van der Waals surface area contributed by atoms with Gasteiger partial charge in [0.05, 0.1) is 5.70 Å². The molecule has 0 aliphatic rings. The lowest BCUT2D eigenvalue weighted by Crippen LogP contribution is -2.02. The van der Waals surface area contributed by atoms with E-state index < -0.39 is 0 Å². The maximum absolute atomic E-state index is 5.66. The number of hydrogen-bond acceptors (Lipinski definition) is 3. The van der Waals surface area contributed by atoms with E-state index in [1.54, 1.807) is 0 Å². The highest BCUT2D eigenvalue weighted by atomic mass is 14.7. The molecular weight excluding hydrogens is 522 g/mol. The zero-order chi connectivity index (χ0) is 31.3. The highest BCUT2D eigenvalue weighted by Crippen LogP contribution is 2.33. The number of nitrogens with zero attached hydrogens (tertiary/aromatic N) is 1. The zero-order valence-electron chi connectivity index (χ0n) is 26.8. The summed E-state index contributed by atoms with van der Waals surface area (Å²) in [5, 5.41) is 0. The van der Waals surface area contributed by atoms with Crippen LogP contribution in [0.5, 0.6) is 0 Å². The molecule has 0 atom stereocenters. The molecule has 0 bridgehead atoms. The highest BCUT2D eigenvalue weighted by molar-refractivity contribution is 5.82.